The molecule has 0 radical (unpaired) electrons. The highest BCUT2D eigenvalue weighted by Crippen LogP contribution is 2.26. The van der Waals surface area contributed by atoms with Crippen LogP contribution in [0.5, 0.6) is 0 Å². The highest BCUT2D eigenvalue weighted by atomic mass is 16.1. The van der Waals surface area contributed by atoms with E-state index in [2.05, 4.69) is 10.1 Å². The van der Waals surface area contributed by atoms with Gasteiger partial charge in [0.15, 0.2) is 0 Å². The van der Waals surface area contributed by atoms with Crippen LogP contribution in [0.4, 0.5) is 0 Å². The number of nitrogens with two attached hydrogens (primary N) is 2. The van der Waals surface area contributed by atoms with Crippen molar-refractivity contribution in [3.05, 3.63) is 83.4 Å². The molecule has 3 rings (SSSR count). The third-order valence-electron chi connectivity index (χ3n) is 3.72. The predicted octanol–water partition coefficient (Wildman–Crippen LogP) is 1.11. The molecule has 0 saturated heterocycles. The van der Waals surface area contributed by atoms with Gasteiger partial charge in [-0.05, 0) is 35.4 Å². The molecule has 24 heavy (non-hydrogen) atoms. The number of rotatable bonds is 5. The Balaban J connectivity index is 2.04. The Morgan fingerprint density at radius 2 is 1.29 bits per heavy atom. The normalized spacial score (nSPS) is 10.7. The van der Waals surface area contributed by atoms with E-state index in [1.165, 1.54) is 6.33 Å². The minimum absolute atomic E-state index is 0.253. The van der Waals surface area contributed by atoms with Gasteiger partial charge in [-0.2, -0.15) is 5.10 Å². The summed E-state index contributed by atoms with van der Waals surface area (Å²) in [7, 11) is 0. The maximum atomic E-state index is 11.2. The fraction of sp³-hybridized carbons (Fsp3) is 0.0588. The third kappa shape index (κ3) is 3.00. The Bertz CT molecular complexity index is 798. The lowest BCUT2D eigenvalue weighted by molar-refractivity contribution is 0.0992. The molecule has 2 amide bonds. The lowest BCUT2D eigenvalue weighted by Crippen LogP contribution is -2.15. The molecule has 0 spiro atoms. The van der Waals surface area contributed by atoms with Crippen LogP contribution in [0.15, 0.2) is 61.2 Å². The summed E-state index contributed by atoms with van der Waals surface area (Å²) in [6, 6.07) is 13.7. The zero-order valence-corrected chi connectivity index (χ0v) is 12.7. The molecule has 1 heterocycles. The second-order valence-electron chi connectivity index (χ2n) is 5.25. The molecular weight excluding hydrogens is 306 g/mol. The molecule has 3 aromatic rings. The van der Waals surface area contributed by atoms with Crippen LogP contribution < -0.4 is 11.5 Å². The molecule has 0 aliphatic carbocycles. The first-order chi connectivity index (χ1) is 11.6. The summed E-state index contributed by atoms with van der Waals surface area (Å²) in [5, 5.41) is 4.21. The van der Waals surface area contributed by atoms with E-state index >= 15 is 0 Å². The van der Waals surface area contributed by atoms with Gasteiger partial charge in [0.25, 0.3) is 0 Å². The number of benzene rings is 2. The van der Waals surface area contributed by atoms with Crippen LogP contribution in [0, 0.1) is 0 Å². The molecule has 7 nitrogen and oxygen atoms in total. The molecule has 0 saturated carbocycles. The SMILES string of the molecule is NC(=O)c1ccc(C(c2ccc(C(N)=O)cc2)n2cncn2)cc1. The van der Waals surface area contributed by atoms with Gasteiger partial charge in [-0.25, -0.2) is 9.67 Å². The van der Waals surface area contributed by atoms with Crippen LogP contribution >= 0.6 is 0 Å². The lowest BCUT2D eigenvalue weighted by atomic mass is 9.97. The standard InChI is InChI=1S/C17H15N5O2/c18-16(23)13-5-1-11(2-6-13)15(22-10-20-9-21-22)12-3-7-14(8-4-12)17(19)24/h1-10,15H,(H2,18,23)(H2,19,24). The van der Waals surface area contributed by atoms with Gasteiger partial charge >= 0.3 is 0 Å². The maximum absolute atomic E-state index is 11.2. The number of hydrogen-bond acceptors (Lipinski definition) is 4. The summed E-state index contributed by atoms with van der Waals surface area (Å²) in [4.78, 5) is 26.5. The smallest absolute Gasteiger partial charge is 0.248 e. The lowest BCUT2D eigenvalue weighted by Gasteiger charge is -2.18. The predicted molar refractivity (Wildman–Crippen MR) is 87.2 cm³/mol. The number of hydrogen-bond donors (Lipinski definition) is 2. The maximum Gasteiger partial charge on any atom is 0.248 e. The van der Waals surface area contributed by atoms with Crippen molar-refractivity contribution < 1.29 is 9.59 Å². The van der Waals surface area contributed by atoms with Gasteiger partial charge in [-0.15, -0.1) is 0 Å². The molecule has 0 atom stereocenters. The monoisotopic (exact) mass is 321 g/mol. The fourth-order valence-corrected chi connectivity index (χ4v) is 2.51. The zero-order chi connectivity index (χ0) is 17.1. The quantitative estimate of drug-likeness (QED) is 0.732. The summed E-state index contributed by atoms with van der Waals surface area (Å²) in [6.45, 7) is 0. The van der Waals surface area contributed by atoms with E-state index < -0.39 is 11.8 Å². The summed E-state index contributed by atoms with van der Waals surface area (Å²) in [5.41, 5.74) is 13.2. The average Bonchev–Trinajstić information content (AvgIpc) is 3.10. The van der Waals surface area contributed by atoms with Crippen LogP contribution in [0.1, 0.15) is 37.9 Å². The summed E-state index contributed by atoms with van der Waals surface area (Å²) < 4.78 is 1.69. The van der Waals surface area contributed by atoms with E-state index in [4.69, 9.17) is 11.5 Å². The van der Waals surface area contributed by atoms with Crippen molar-refractivity contribution in [1.29, 1.82) is 0 Å². The van der Waals surface area contributed by atoms with Crippen LogP contribution in [0.25, 0.3) is 0 Å². The van der Waals surface area contributed by atoms with Crippen LogP contribution in [0.2, 0.25) is 0 Å². The Morgan fingerprint density at radius 3 is 1.62 bits per heavy atom. The van der Waals surface area contributed by atoms with Gasteiger partial charge in [0.2, 0.25) is 11.8 Å². The molecule has 1 aromatic heterocycles. The molecule has 0 bridgehead atoms. The van der Waals surface area contributed by atoms with Crippen molar-refractivity contribution in [3.63, 3.8) is 0 Å². The Hall–Kier alpha value is -3.48. The summed E-state index contributed by atoms with van der Waals surface area (Å²) >= 11 is 0. The van der Waals surface area contributed by atoms with Gasteiger partial charge in [-0.1, -0.05) is 24.3 Å². The van der Waals surface area contributed by atoms with Gasteiger partial charge in [0.1, 0.15) is 18.7 Å². The van der Waals surface area contributed by atoms with Crippen molar-refractivity contribution in [1.82, 2.24) is 14.8 Å². The third-order valence-corrected chi connectivity index (χ3v) is 3.72. The number of amides is 2. The van der Waals surface area contributed by atoms with Gasteiger partial charge in [0.05, 0.1) is 0 Å². The van der Waals surface area contributed by atoms with E-state index in [0.29, 0.717) is 11.1 Å². The molecule has 0 aliphatic rings. The highest BCUT2D eigenvalue weighted by Gasteiger charge is 2.18. The largest absolute Gasteiger partial charge is 0.366 e. The van der Waals surface area contributed by atoms with Crippen molar-refractivity contribution in [2.24, 2.45) is 11.5 Å². The summed E-state index contributed by atoms with van der Waals surface area (Å²) in [6.07, 6.45) is 3.05. The first-order valence-electron chi connectivity index (χ1n) is 7.20. The zero-order valence-electron chi connectivity index (χ0n) is 12.7. The van der Waals surface area contributed by atoms with Crippen LogP contribution in [0.3, 0.4) is 0 Å². The van der Waals surface area contributed by atoms with E-state index in [9.17, 15) is 9.59 Å². The molecule has 7 heteroatoms. The highest BCUT2D eigenvalue weighted by molar-refractivity contribution is 5.93. The van der Waals surface area contributed by atoms with E-state index in [0.717, 1.165) is 11.1 Å². The van der Waals surface area contributed by atoms with Crippen molar-refractivity contribution >= 4 is 11.8 Å². The van der Waals surface area contributed by atoms with Crippen LogP contribution in [-0.4, -0.2) is 26.6 Å². The number of nitrogens with zero attached hydrogens (tertiary/aromatic N) is 3. The molecule has 0 unspecified atom stereocenters. The van der Waals surface area contributed by atoms with Gasteiger partial charge in [0, 0.05) is 11.1 Å². The van der Waals surface area contributed by atoms with E-state index in [1.54, 1.807) is 35.3 Å². The van der Waals surface area contributed by atoms with Gasteiger partial charge in [-0.3, -0.25) is 9.59 Å². The molecule has 0 aliphatic heterocycles. The van der Waals surface area contributed by atoms with E-state index in [1.807, 2.05) is 24.3 Å². The Labute approximate surface area is 137 Å². The average molecular weight is 321 g/mol. The second kappa shape index (κ2) is 6.33. The number of carbonyl (C=O) groups is 2. The van der Waals surface area contributed by atoms with E-state index in [-0.39, 0.29) is 6.04 Å². The topological polar surface area (TPSA) is 117 Å². The first kappa shape index (κ1) is 15.4. The Kier molecular flexibility index (Phi) is 4.07. The van der Waals surface area contributed by atoms with Crippen molar-refractivity contribution in [2.75, 3.05) is 0 Å². The molecule has 4 N–H and O–H groups in total. The molecular formula is C17H15N5O2. The minimum Gasteiger partial charge on any atom is -0.366 e. The fourth-order valence-electron chi connectivity index (χ4n) is 2.51. The number of carbonyl (C=O) groups excluding carboxylic acids is 2. The molecule has 120 valence electrons. The van der Waals surface area contributed by atoms with Gasteiger partial charge < -0.3 is 11.5 Å². The van der Waals surface area contributed by atoms with Crippen molar-refractivity contribution in [2.45, 2.75) is 6.04 Å². The molecule has 0 fully saturated rings. The number of aromatic nitrogens is 3. The number of primary amides is 2. The van der Waals surface area contributed by atoms with Crippen molar-refractivity contribution in [3.8, 4) is 0 Å². The molecule has 2 aromatic carbocycles. The minimum atomic E-state index is -0.482. The second-order valence-corrected chi connectivity index (χ2v) is 5.25. The Morgan fingerprint density at radius 1 is 0.833 bits per heavy atom. The van der Waals surface area contributed by atoms with Crippen LogP contribution in [-0.2, 0) is 0 Å². The first-order valence-corrected chi connectivity index (χ1v) is 7.20. The summed E-state index contributed by atoms with van der Waals surface area (Å²) in [5.74, 6) is -0.964.